The minimum atomic E-state index is -3.64. The third kappa shape index (κ3) is 3.46. The van der Waals surface area contributed by atoms with Crippen LogP contribution in [0.3, 0.4) is 0 Å². The first kappa shape index (κ1) is 16.9. The standard InChI is InChI=1S/C16H23NO4S2/c1-13-7-9-17(10-8-13)15-11-22(18,19)12-16(15)23(20,21)14-5-3-2-4-6-14/h2-6,13,15-16H,7-12H2,1H3/t15-,16-/m1/s1. The molecule has 2 aliphatic heterocycles. The Morgan fingerprint density at radius 1 is 1.04 bits per heavy atom. The summed E-state index contributed by atoms with van der Waals surface area (Å²) in [7, 11) is -6.96. The molecule has 0 amide bonds. The Hall–Kier alpha value is -0.920. The van der Waals surface area contributed by atoms with Crippen LogP contribution in [0.5, 0.6) is 0 Å². The number of piperidine rings is 1. The fraction of sp³-hybridized carbons (Fsp3) is 0.625. The zero-order valence-corrected chi connectivity index (χ0v) is 14.9. The summed E-state index contributed by atoms with van der Waals surface area (Å²) in [6.07, 6.45) is 1.99. The van der Waals surface area contributed by atoms with E-state index in [2.05, 4.69) is 11.8 Å². The lowest BCUT2D eigenvalue weighted by Crippen LogP contribution is -2.49. The van der Waals surface area contributed by atoms with Crippen molar-refractivity contribution in [3.63, 3.8) is 0 Å². The molecule has 0 aromatic heterocycles. The van der Waals surface area contributed by atoms with Gasteiger partial charge in [0.05, 0.1) is 21.7 Å². The minimum absolute atomic E-state index is 0.0435. The third-order valence-electron chi connectivity index (χ3n) is 5.03. The molecule has 0 spiro atoms. The molecule has 7 heteroatoms. The molecule has 0 radical (unpaired) electrons. The second kappa shape index (κ2) is 6.18. The summed E-state index contributed by atoms with van der Waals surface area (Å²) >= 11 is 0. The van der Waals surface area contributed by atoms with Crippen molar-refractivity contribution in [1.82, 2.24) is 4.90 Å². The molecular formula is C16H23NO4S2. The minimum Gasteiger partial charge on any atom is -0.298 e. The molecule has 128 valence electrons. The number of nitrogens with zero attached hydrogens (tertiary/aromatic N) is 1. The molecule has 0 aliphatic carbocycles. The van der Waals surface area contributed by atoms with Crippen LogP contribution < -0.4 is 0 Å². The lowest BCUT2D eigenvalue weighted by Gasteiger charge is -2.36. The molecule has 1 aromatic carbocycles. The van der Waals surface area contributed by atoms with Crippen molar-refractivity contribution in [2.24, 2.45) is 5.92 Å². The van der Waals surface area contributed by atoms with Gasteiger partial charge in [0.15, 0.2) is 19.7 Å². The maximum Gasteiger partial charge on any atom is 0.183 e. The Labute approximate surface area is 138 Å². The van der Waals surface area contributed by atoms with Crippen LogP contribution in [-0.4, -0.2) is 57.6 Å². The summed E-state index contributed by atoms with van der Waals surface area (Å²) in [5.74, 6) is 0.312. The molecule has 0 unspecified atom stereocenters. The van der Waals surface area contributed by atoms with Crippen molar-refractivity contribution in [1.29, 1.82) is 0 Å². The van der Waals surface area contributed by atoms with Crippen LogP contribution in [0.15, 0.2) is 35.2 Å². The Morgan fingerprint density at radius 3 is 2.26 bits per heavy atom. The fourth-order valence-corrected chi connectivity index (χ4v) is 8.43. The normalized spacial score (nSPS) is 29.6. The van der Waals surface area contributed by atoms with Gasteiger partial charge in [0, 0.05) is 6.04 Å². The maximum atomic E-state index is 12.9. The molecule has 0 bridgehead atoms. The quantitative estimate of drug-likeness (QED) is 0.817. The molecule has 2 aliphatic rings. The Morgan fingerprint density at radius 2 is 1.65 bits per heavy atom. The first-order valence-corrected chi connectivity index (χ1v) is 11.4. The van der Waals surface area contributed by atoms with Gasteiger partial charge < -0.3 is 0 Å². The van der Waals surface area contributed by atoms with Crippen molar-refractivity contribution in [3.8, 4) is 0 Å². The van der Waals surface area contributed by atoms with Gasteiger partial charge in [0.1, 0.15) is 0 Å². The number of hydrogen-bond donors (Lipinski definition) is 0. The lowest BCUT2D eigenvalue weighted by atomic mass is 9.98. The molecule has 2 heterocycles. The molecule has 2 fully saturated rings. The predicted octanol–water partition coefficient (Wildman–Crippen LogP) is 1.36. The first-order valence-electron chi connectivity index (χ1n) is 8.03. The Bertz CT molecular complexity index is 751. The Kier molecular flexibility index (Phi) is 4.55. The molecule has 0 N–H and O–H groups in total. The topological polar surface area (TPSA) is 71.5 Å². The number of sulfone groups is 2. The van der Waals surface area contributed by atoms with E-state index in [1.165, 1.54) is 0 Å². The van der Waals surface area contributed by atoms with E-state index in [4.69, 9.17) is 0 Å². The van der Waals surface area contributed by atoms with Gasteiger partial charge in [-0.05, 0) is 44.0 Å². The summed E-state index contributed by atoms with van der Waals surface area (Å²) in [6, 6.07) is 7.79. The monoisotopic (exact) mass is 357 g/mol. The van der Waals surface area contributed by atoms with Gasteiger partial charge in [-0.2, -0.15) is 0 Å². The molecule has 2 saturated heterocycles. The van der Waals surface area contributed by atoms with Crippen molar-refractivity contribution in [2.45, 2.75) is 36.0 Å². The van der Waals surface area contributed by atoms with E-state index < -0.39 is 31.0 Å². The molecule has 0 saturated carbocycles. The molecule has 3 rings (SSSR count). The van der Waals surface area contributed by atoms with Crippen LogP contribution in [0.25, 0.3) is 0 Å². The molecular weight excluding hydrogens is 334 g/mol. The van der Waals surface area contributed by atoms with Gasteiger partial charge in [-0.25, -0.2) is 16.8 Å². The highest BCUT2D eigenvalue weighted by Crippen LogP contribution is 2.31. The maximum absolute atomic E-state index is 12.9. The van der Waals surface area contributed by atoms with E-state index in [9.17, 15) is 16.8 Å². The van der Waals surface area contributed by atoms with Gasteiger partial charge in [0.25, 0.3) is 0 Å². The van der Waals surface area contributed by atoms with Crippen LogP contribution >= 0.6 is 0 Å². The van der Waals surface area contributed by atoms with Gasteiger partial charge in [0.2, 0.25) is 0 Å². The zero-order valence-electron chi connectivity index (χ0n) is 13.3. The highest BCUT2D eigenvalue weighted by atomic mass is 32.2. The fourth-order valence-electron chi connectivity index (χ4n) is 3.58. The van der Waals surface area contributed by atoms with E-state index in [0.29, 0.717) is 5.92 Å². The summed E-state index contributed by atoms with van der Waals surface area (Å²) in [5.41, 5.74) is 0. The molecule has 5 nitrogen and oxygen atoms in total. The van der Waals surface area contributed by atoms with Crippen molar-refractivity contribution < 1.29 is 16.8 Å². The van der Waals surface area contributed by atoms with E-state index >= 15 is 0 Å². The summed E-state index contributed by atoms with van der Waals surface area (Å²) in [5, 5.41) is -0.858. The summed E-state index contributed by atoms with van der Waals surface area (Å²) < 4.78 is 50.2. The largest absolute Gasteiger partial charge is 0.298 e. The average Bonchev–Trinajstić information content (AvgIpc) is 2.85. The third-order valence-corrected chi connectivity index (χ3v) is 9.16. The van der Waals surface area contributed by atoms with Gasteiger partial charge in [-0.1, -0.05) is 25.1 Å². The summed E-state index contributed by atoms with van der Waals surface area (Å²) in [4.78, 5) is 2.30. The van der Waals surface area contributed by atoms with E-state index in [0.717, 1.165) is 25.9 Å². The number of benzene rings is 1. The van der Waals surface area contributed by atoms with Crippen molar-refractivity contribution in [3.05, 3.63) is 30.3 Å². The molecule has 2 atom stereocenters. The van der Waals surface area contributed by atoms with Gasteiger partial charge >= 0.3 is 0 Å². The second-order valence-corrected chi connectivity index (χ2v) is 11.1. The smallest absolute Gasteiger partial charge is 0.183 e. The van der Waals surface area contributed by atoms with E-state index in [-0.39, 0.29) is 16.4 Å². The van der Waals surface area contributed by atoms with Crippen molar-refractivity contribution in [2.75, 3.05) is 24.6 Å². The number of rotatable bonds is 3. The lowest BCUT2D eigenvalue weighted by molar-refractivity contribution is 0.151. The highest BCUT2D eigenvalue weighted by molar-refractivity contribution is 7.96. The van der Waals surface area contributed by atoms with Crippen LogP contribution in [0.4, 0.5) is 0 Å². The van der Waals surface area contributed by atoms with E-state index in [1.54, 1.807) is 30.3 Å². The van der Waals surface area contributed by atoms with Crippen LogP contribution in [0.1, 0.15) is 19.8 Å². The number of hydrogen-bond acceptors (Lipinski definition) is 5. The van der Waals surface area contributed by atoms with Crippen molar-refractivity contribution >= 4 is 19.7 Å². The van der Waals surface area contributed by atoms with E-state index in [1.807, 2.05) is 0 Å². The summed E-state index contributed by atoms with van der Waals surface area (Å²) in [6.45, 7) is 3.74. The van der Waals surface area contributed by atoms with Crippen LogP contribution in [-0.2, 0) is 19.7 Å². The number of likely N-dealkylation sites (tertiary alicyclic amines) is 1. The SMILES string of the molecule is CC1CCN([C@@H]2CS(=O)(=O)C[C@H]2S(=O)(=O)c2ccccc2)CC1. The molecule has 23 heavy (non-hydrogen) atoms. The second-order valence-electron chi connectivity index (χ2n) is 6.76. The van der Waals surface area contributed by atoms with Crippen LogP contribution in [0.2, 0.25) is 0 Å². The van der Waals surface area contributed by atoms with Gasteiger partial charge in [-0.3, -0.25) is 4.90 Å². The zero-order chi connectivity index (χ0) is 16.7. The van der Waals surface area contributed by atoms with Gasteiger partial charge in [-0.15, -0.1) is 0 Å². The predicted molar refractivity (Wildman–Crippen MR) is 89.8 cm³/mol. The van der Waals surface area contributed by atoms with Crippen LogP contribution in [0, 0.1) is 5.92 Å². The molecule has 1 aromatic rings. The first-order chi connectivity index (χ1) is 10.8. The highest BCUT2D eigenvalue weighted by Gasteiger charge is 2.48. The average molecular weight is 357 g/mol. The Balaban J connectivity index is 1.92.